The quantitative estimate of drug-likeness (QED) is 0.883. The Hall–Kier alpha value is -0.910. The second-order valence-corrected chi connectivity index (χ2v) is 6.31. The van der Waals surface area contributed by atoms with Gasteiger partial charge in [0.2, 0.25) is 0 Å². The number of anilines is 1. The van der Waals surface area contributed by atoms with Crippen LogP contribution in [0.1, 0.15) is 10.4 Å². The molecule has 0 saturated carbocycles. The highest BCUT2D eigenvalue weighted by atomic mass is 79.9. The van der Waals surface area contributed by atoms with Gasteiger partial charge >= 0.3 is 0 Å². The van der Waals surface area contributed by atoms with Gasteiger partial charge in [0.05, 0.1) is 12.2 Å². The number of hydrogen-bond acceptors (Lipinski definition) is 3. The van der Waals surface area contributed by atoms with Crippen LogP contribution in [0.2, 0.25) is 0 Å². The molecule has 0 aliphatic rings. The van der Waals surface area contributed by atoms with Crippen molar-refractivity contribution in [2.24, 2.45) is 0 Å². The third kappa shape index (κ3) is 3.78. The fourth-order valence-corrected chi connectivity index (χ4v) is 3.43. The summed E-state index contributed by atoms with van der Waals surface area (Å²) < 4.78 is 15.1. The summed E-state index contributed by atoms with van der Waals surface area (Å²) in [7, 11) is 3.76. The maximum atomic E-state index is 14.1. The summed E-state index contributed by atoms with van der Waals surface area (Å²) in [6.45, 7) is 1.39. The Balaban J connectivity index is 2.12. The van der Waals surface area contributed by atoms with Crippen LogP contribution in [0.15, 0.2) is 34.1 Å². The van der Waals surface area contributed by atoms with Gasteiger partial charge in [-0.25, -0.2) is 4.39 Å². The van der Waals surface area contributed by atoms with E-state index in [4.69, 9.17) is 0 Å². The number of nitrogens with zero attached hydrogens (tertiary/aromatic N) is 1. The molecular weight excluding hydrogens is 327 g/mol. The summed E-state index contributed by atoms with van der Waals surface area (Å²) in [4.78, 5) is 3.13. The molecule has 0 atom stereocenters. The van der Waals surface area contributed by atoms with E-state index in [1.807, 2.05) is 36.5 Å². The van der Waals surface area contributed by atoms with Crippen molar-refractivity contribution in [3.63, 3.8) is 0 Å². The van der Waals surface area contributed by atoms with E-state index in [0.29, 0.717) is 18.8 Å². The van der Waals surface area contributed by atoms with E-state index >= 15 is 0 Å². The highest BCUT2D eigenvalue weighted by Gasteiger charge is 2.10. The molecule has 1 heterocycles. The van der Waals surface area contributed by atoms with Gasteiger partial charge in [0.15, 0.2) is 0 Å². The maximum absolute atomic E-state index is 14.1. The summed E-state index contributed by atoms with van der Waals surface area (Å²) in [6.07, 6.45) is 0. The van der Waals surface area contributed by atoms with Gasteiger partial charge in [0.1, 0.15) is 5.82 Å². The number of halogens is 2. The number of thiophene rings is 1. The van der Waals surface area contributed by atoms with Crippen LogP contribution in [-0.2, 0) is 13.1 Å². The molecule has 1 aromatic heterocycles. The average Bonchev–Trinajstić information content (AvgIpc) is 2.75. The van der Waals surface area contributed by atoms with Gasteiger partial charge in [-0.1, -0.05) is 6.07 Å². The Kier molecular flexibility index (Phi) is 4.96. The van der Waals surface area contributed by atoms with Gasteiger partial charge in [0, 0.05) is 28.3 Å². The molecule has 0 spiro atoms. The second-order valence-electron chi connectivity index (χ2n) is 4.40. The molecule has 0 aliphatic carbocycles. The topological polar surface area (TPSA) is 15.3 Å². The lowest BCUT2D eigenvalue weighted by Gasteiger charge is -2.19. The third-order valence-electron chi connectivity index (χ3n) is 2.82. The van der Waals surface area contributed by atoms with Crippen LogP contribution < -0.4 is 10.2 Å². The highest BCUT2D eigenvalue weighted by Crippen LogP contribution is 2.25. The molecule has 1 N–H and O–H groups in total. The van der Waals surface area contributed by atoms with Crippen molar-refractivity contribution >= 4 is 33.0 Å². The fraction of sp³-hybridized carbons (Fsp3) is 0.286. The molecule has 2 nitrogen and oxygen atoms in total. The minimum Gasteiger partial charge on any atom is -0.367 e. The molecule has 0 unspecified atom stereocenters. The fourth-order valence-electron chi connectivity index (χ4n) is 1.93. The van der Waals surface area contributed by atoms with E-state index in [1.165, 1.54) is 4.88 Å². The zero-order chi connectivity index (χ0) is 13.8. The zero-order valence-corrected chi connectivity index (χ0v) is 13.3. The average molecular weight is 343 g/mol. The first-order valence-corrected chi connectivity index (χ1v) is 7.64. The van der Waals surface area contributed by atoms with Crippen molar-refractivity contribution < 1.29 is 4.39 Å². The van der Waals surface area contributed by atoms with Gasteiger partial charge in [-0.15, -0.1) is 11.3 Å². The molecule has 102 valence electrons. The van der Waals surface area contributed by atoms with Crippen molar-refractivity contribution in [3.8, 4) is 0 Å². The Morgan fingerprint density at radius 1 is 1.37 bits per heavy atom. The van der Waals surface area contributed by atoms with E-state index in [9.17, 15) is 4.39 Å². The van der Waals surface area contributed by atoms with Gasteiger partial charge in [0.25, 0.3) is 0 Å². The first kappa shape index (κ1) is 14.5. The van der Waals surface area contributed by atoms with Gasteiger partial charge in [-0.05, 0) is 46.7 Å². The Morgan fingerprint density at radius 2 is 2.16 bits per heavy atom. The van der Waals surface area contributed by atoms with Crippen LogP contribution in [0.25, 0.3) is 0 Å². The zero-order valence-electron chi connectivity index (χ0n) is 10.9. The predicted octanol–water partition coefficient (Wildman–Crippen LogP) is 4.01. The van der Waals surface area contributed by atoms with Crippen LogP contribution in [0.4, 0.5) is 10.1 Å². The lowest BCUT2D eigenvalue weighted by molar-refractivity contribution is 0.618. The minimum absolute atomic E-state index is 0.175. The first-order chi connectivity index (χ1) is 9.10. The monoisotopic (exact) mass is 342 g/mol. The van der Waals surface area contributed by atoms with Crippen molar-refractivity contribution in [1.29, 1.82) is 0 Å². The SMILES string of the molecule is CNCc1ccc(N(C)Cc2cc(Br)cs2)c(F)c1. The van der Waals surface area contributed by atoms with Crippen molar-refractivity contribution in [2.45, 2.75) is 13.1 Å². The lowest BCUT2D eigenvalue weighted by Crippen LogP contribution is -2.17. The second kappa shape index (κ2) is 6.50. The van der Waals surface area contributed by atoms with Crippen LogP contribution >= 0.6 is 27.3 Å². The molecule has 0 bridgehead atoms. The lowest BCUT2D eigenvalue weighted by atomic mass is 10.2. The number of nitrogens with one attached hydrogen (secondary N) is 1. The molecule has 0 fully saturated rings. The number of benzene rings is 1. The third-order valence-corrected chi connectivity index (χ3v) is 4.50. The Bertz CT molecular complexity index is 556. The summed E-state index contributed by atoms with van der Waals surface area (Å²) in [6, 6.07) is 7.45. The van der Waals surface area contributed by atoms with Crippen molar-refractivity contribution in [2.75, 3.05) is 19.0 Å². The molecule has 0 aliphatic heterocycles. The highest BCUT2D eigenvalue weighted by molar-refractivity contribution is 9.10. The van der Waals surface area contributed by atoms with E-state index in [1.54, 1.807) is 17.4 Å². The molecule has 2 aromatic rings. The minimum atomic E-state index is -0.175. The van der Waals surface area contributed by atoms with Gasteiger partial charge in [-0.3, -0.25) is 0 Å². The molecule has 2 rings (SSSR count). The van der Waals surface area contributed by atoms with Crippen LogP contribution in [0.3, 0.4) is 0 Å². The van der Waals surface area contributed by atoms with E-state index in [-0.39, 0.29) is 5.82 Å². The largest absolute Gasteiger partial charge is 0.367 e. The first-order valence-electron chi connectivity index (χ1n) is 5.97. The molecule has 0 saturated heterocycles. The standard InChI is InChI=1S/C14H16BrFN2S/c1-17-7-10-3-4-14(13(16)5-10)18(2)8-12-6-11(15)9-19-12/h3-6,9,17H,7-8H2,1-2H3. The van der Waals surface area contributed by atoms with Crippen LogP contribution in [-0.4, -0.2) is 14.1 Å². The van der Waals surface area contributed by atoms with E-state index in [0.717, 1.165) is 10.0 Å². The summed E-state index contributed by atoms with van der Waals surface area (Å²) in [5.41, 5.74) is 1.58. The molecule has 0 amide bonds. The van der Waals surface area contributed by atoms with Gasteiger partial charge in [-0.2, -0.15) is 0 Å². The summed E-state index contributed by atoms with van der Waals surface area (Å²) in [5, 5.41) is 5.06. The summed E-state index contributed by atoms with van der Waals surface area (Å²) >= 11 is 5.10. The normalized spacial score (nSPS) is 10.7. The molecule has 0 radical (unpaired) electrons. The Morgan fingerprint density at radius 3 is 2.74 bits per heavy atom. The van der Waals surface area contributed by atoms with E-state index < -0.39 is 0 Å². The Labute approximate surface area is 125 Å². The van der Waals surface area contributed by atoms with Crippen molar-refractivity contribution in [3.05, 3.63) is 50.4 Å². The van der Waals surface area contributed by atoms with Crippen molar-refractivity contribution in [1.82, 2.24) is 5.32 Å². The van der Waals surface area contributed by atoms with Crippen LogP contribution in [0.5, 0.6) is 0 Å². The summed E-state index contributed by atoms with van der Waals surface area (Å²) in [5.74, 6) is -0.175. The number of rotatable bonds is 5. The molecule has 1 aromatic carbocycles. The smallest absolute Gasteiger partial charge is 0.146 e. The van der Waals surface area contributed by atoms with Crippen LogP contribution in [0, 0.1) is 5.82 Å². The van der Waals surface area contributed by atoms with Gasteiger partial charge < -0.3 is 10.2 Å². The molecule has 5 heteroatoms. The van der Waals surface area contributed by atoms with E-state index in [2.05, 4.69) is 27.3 Å². The molecular formula is C14H16BrFN2S. The predicted molar refractivity (Wildman–Crippen MR) is 83.3 cm³/mol. The number of hydrogen-bond donors (Lipinski definition) is 1. The maximum Gasteiger partial charge on any atom is 0.146 e. The molecule has 19 heavy (non-hydrogen) atoms.